The van der Waals surface area contributed by atoms with Crippen LogP contribution in [0, 0.1) is 0 Å². The van der Waals surface area contributed by atoms with Gasteiger partial charge >= 0.3 is 30.4 Å². The number of carboxylic acid groups (broad SMARTS) is 2. The monoisotopic (exact) mass is 1030 g/mol. The summed E-state index contributed by atoms with van der Waals surface area (Å²) in [7, 11) is 3.28. The third kappa shape index (κ3) is 18.9. The summed E-state index contributed by atoms with van der Waals surface area (Å²) in [4.78, 5) is 72.2. The number of alkyl halides is 6. The van der Waals surface area contributed by atoms with Gasteiger partial charge in [0.2, 0.25) is 11.8 Å². The van der Waals surface area contributed by atoms with Crippen LogP contribution in [0.25, 0.3) is 11.1 Å². The standard InChI is InChI=1S/C45H54N6O8.2C2HF3O2/c1-50(43(56)20-24-51-22-18-33(19-23-51)59-45(57)49-37-12-7-6-11-34(37)31-9-4-3-5-10-31)21-8-13-42(55)48-38-16-14-30(25-41(38)58-2)27-46-29-40(54)35-15-17-39(53)44-36(35)26-32(52)28-47-44;2*3-2(4,5)1(6)7/h3-7,9-12,14-17,25,33,40,46-47,53-54H,8,13,18-24,26-29H2,1-2H3,(H,48,55)(H,49,57);2*(H,6,7)/t40-;;/m0../s1. The number of rotatable bonds is 17. The molecule has 2 heterocycles. The van der Waals surface area contributed by atoms with Gasteiger partial charge in [0, 0.05) is 71.1 Å². The van der Waals surface area contributed by atoms with Crippen molar-refractivity contribution in [1.82, 2.24) is 15.1 Å². The number of halogens is 6. The minimum Gasteiger partial charge on any atom is -0.506 e. The summed E-state index contributed by atoms with van der Waals surface area (Å²) in [6, 6.07) is 26.1. The number of aliphatic hydroxyl groups is 1. The first-order valence-electron chi connectivity index (χ1n) is 22.6. The van der Waals surface area contributed by atoms with Gasteiger partial charge in [-0.05, 0) is 65.8 Å². The summed E-state index contributed by atoms with van der Waals surface area (Å²) in [5, 5.41) is 47.3. The lowest BCUT2D eigenvalue weighted by Gasteiger charge is -2.31. The zero-order chi connectivity index (χ0) is 53.9. The largest absolute Gasteiger partial charge is 0.506 e. The van der Waals surface area contributed by atoms with E-state index < -0.39 is 36.5 Å². The second kappa shape index (κ2) is 27.4. The number of nitrogens with one attached hydrogen (secondary N) is 4. The number of Topliss-reactive ketones (excluding diaryl/α,β-unsaturated/α-hetero) is 1. The molecule has 4 aromatic carbocycles. The topological polar surface area (TPSA) is 256 Å². The number of carbonyl (C=O) groups is 6. The van der Waals surface area contributed by atoms with Crippen LogP contribution in [-0.2, 0) is 41.7 Å². The van der Waals surface area contributed by atoms with Crippen molar-refractivity contribution in [2.75, 3.05) is 69.4 Å². The molecule has 2 aliphatic rings. The molecule has 0 aromatic heterocycles. The van der Waals surface area contributed by atoms with Gasteiger partial charge in [0.25, 0.3) is 0 Å². The second-order valence-electron chi connectivity index (χ2n) is 16.6. The number of ketones is 1. The molecule has 0 aliphatic carbocycles. The number of para-hydroxylation sites is 1. The summed E-state index contributed by atoms with van der Waals surface area (Å²) >= 11 is 0. The van der Waals surface area contributed by atoms with Crippen molar-refractivity contribution in [2.45, 2.75) is 69.6 Å². The van der Waals surface area contributed by atoms with Gasteiger partial charge in [0.05, 0.1) is 36.8 Å². The number of aliphatic hydroxyl groups excluding tert-OH is 1. The van der Waals surface area contributed by atoms with Crippen LogP contribution < -0.4 is 26.0 Å². The van der Waals surface area contributed by atoms with Crippen LogP contribution in [0.1, 0.15) is 54.9 Å². The summed E-state index contributed by atoms with van der Waals surface area (Å²) in [6.07, 6.45) is -9.12. The maximum absolute atomic E-state index is 12.9. The summed E-state index contributed by atoms with van der Waals surface area (Å²) in [5.74, 6) is -5.17. The number of phenols is 1. The van der Waals surface area contributed by atoms with Gasteiger partial charge < -0.3 is 55.7 Å². The van der Waals surface area contributed by atoms with E-state index in [2.05, 4.69) is 26.2 Å². The molecule has 4 aromatic rings. The maximum atomic E-state index is 12.9. The Hall–Kier alpha value is -7.44. The SMILES string of the molecule is COc1cc(CNC[C@H](O)c2ccc(O)c3c2CC(=O)CN3)ccc1NC(=O)CCCN(C)C(=O)CCN1CCC(OC(=O)Nc2ccccc2-c2ccccc2)CC1.O=C(O)C(F)(F)F.O=C(O)C(F)(F)F. The highest BCUT2D eigenvalue weighted by Gasteiger charge is 2.39. The third-order valence-corrected chi connectivity index (χ3v) is 11.2. The number of anilines is 3. The Morgan fingerprint density at radius 1 is 0.849 bits per heavy atom. The van der Waals surface area contributed by atoms with Crippen molar-refractivity contribution in [1.29, 1.82) is 0 Å². The van der Waals surface area contributed by atoms with Gasteiger partial charge in [0.1, 0.15) is 17.6 Å². The predicted molar refractivity (Wildman–Crippen MR) is 254 cm³/mol. The fraction of sp³-hybridized carbons (Fsp3) is 0.388. The molecule has 0 unspecified atom stereocenters. The molecule has 0 radical (unpaired) electrons. The third-order valence-electron chi connectivity index (χ3n) is 11.2. The highest BCUT2D eigenvalue weighted by Crippen LogP contribution is 2.36. The van der Waals surface area contributed by atoms with Crippen LogP contribution in [0.3, 0.4) is 0 Å². The molecule has 3 amide bonds. The number of carbonyl (C=O) groups excluding carboxylic acids is 4. The minimum absolute atomic E-state index is 0.00756. The first-order valence-corrected chi connectivity index (χ1v) is 22.6. The fourth-order valence-electron chi connectivity index (χ4n) is 7.47. The highest BCUT2D eigenvalue weighted by atomic mass is 19.4. The number of likely N-dealkylation sites (tertiary alicyclic amines) is 1. The molecule has 2 aliphatic heterocycles. The van der Waals surface area contributed by atoms with Crippen molar-refractivity contribution in [3.05, 3.63) is 102 Å². The lowest BCUT2D eigenvalue weighted by Crippen LogP contribution is -2.40. The van der Waals surface area contributed by atoms with Crippen molar-refractivity contribution in [2.24, 2.45) is 0 Å². The average molecular weight is 1040 g/mol. The summed E-state index contributed by atoms with van der Waals surface area (Å²) < 4.78 is 74.8. The molecule has 1 saturated heterocycles. The summed E-state index contributed by atoms with van der Waals surface area (Å²) in [5.41, 5.74) is 5.71. The number of methoxy groups -OCH3 is 1. The van der Waals surface area contributed by atoms with E-state index in [9.17, 15) is 55.7 Å². The van der Waals surface area contributed by atoms with Crippen LogP contribution in [0.2, 0.25) is 0 Å². The first-order chi connectivity index (χ1) is 34.5. The Morgan fingerprint density at radius 3 is 2.11 bits per heavy atom. The van der Waals surface area contributed by atoms with Crippen molar-refractivity contribution in [3.63, 3.8) is 0 Å². The van der Waals surface area contributed by atoms with E-state index in [0.717, 1.165) is 29.8 Å². The molecular formula is C49H56F6N6O12. The van der Waals surface area contributed by atoms with Crippen LogP contribution in [0.4, 0.5) is 48.2 Å². The molecule has 1 atom stereocenters. The van der Waals surface area contributed by atoms with Crippen LogP contribution in [-0.4, -0.2) is 138 Å². The molecule has 24 heteroatoms. The number of carboxylic acids is 2. The number of amides is 3. The smallest absolute Gasteiger partial charge is 0.490 e. The number of fused-ring (bicyclic) bond motifs is 1. The number of phenolic OH excluding ortho intramolecular Hbond substituents is 1. The van der Waals surface area contributed by atoms with E-state index in [1.807, 2.05) is 66.7 Å². The number of hydrogen-bond donors (Lipinski definition) is 8. The zero-order valence-electron chi connectivity index (χ0n) is 39.6. The molecule has 18 nitrogen and oxygen atoms in total. The number of benzene rings is 4. The number of piperidine rings is 1. The van der Waals surface area contributed by atoms with E-state index >= 15 is 0 Å². The number of aromatic hydroxyl groups is 1. The Bertz CT molecular complexity index is 2500. The second-order valence-corrected chi connectivity index (χ2v) is 16.6. The number of ether oxygens (including phenoxy) is 2. The Kier molecular flexibility index (Phi) is 21.8. The van der Waals surface area contributed by atoms with Gasteiger partial charge in [-0.15, -0.1) is 0 Å². The average Bonchev–Trinajstić information content (AvgIpc) is 3.34. The minimum atomic E-state index is -5.08. The van der Waals surface area contributed by atoms with Gasteiger partial charge in [-0.1, -0.05) is 60.7 Å². The number of nitrogens with zero attached hydrogens (tertiary/aromatic N) is 2. The van der Waals surface area contributed by atoms with Gasteiger partial charge in [0.15, 0.2) is 5.78 Å². The first kappa shape index (κ1) is 58.1. The molecule has 1 fully saturated rings. The summed E-state index contributed by atoms with van der Waals surface area (Å²) in [6.45, 7) is 3.28. The van der Waals surface area contributed by atoms with Gasteiger partial charge in [-0.3, -0.25) is 19.7 Å². The van der Waals surface area contributed by atoms with Crippen LogP contribution >= 0.6 is 0 Å². The molecule has 73 heavy (non-hydrogen) atoms. The van der Waals surface area contributed by atoms with Crippen molar-refractivity contribution >= 4 is 52.7 Å². The van der Waals surface area contributed by atoms with E-state index in [1.54, 1.807) is 24.1 Å². The molecular weight excluding hydrogens is 979 g/mol. The Labute approximate surface area is 415 Å². The Morgan fingerprint density at radius 2 is 1.48 bits per heavy atom. The maximum Gasteiger partial charge on any atom is 0.490 e. The molecule has 0 saturated carbocycles. The lowest BCUT2D eigenvalue weighted by molar-refractivity contribution is -0.193. The van der Waals surface area contributed by atoms with E-state index in [1.165, 1.54) is 13.2 Å². The predicted octanol–water partition coefficient (Wildman–Crippen LogP) is 6.98. The Balaban J connectivity index is 0.000000722. The van der Waals surface area contributed by atoms with E-state index in [4.69, 9.17) is 29.3 Å². The molecule has 0 spiro atoms. The van der Waals surface area contributed by atoms with E-state index in [-0.39, 0.29) is 55.4 Å². The molecule has 8 N–H and O–H groups in total. The molecule has 396 valence electrons. The van der Waals surface area contributed by atoms with Crippen molar-refractivity contribution < 1.29 is 85.0 Å². The van der Waals surface area contributed by atoms with Gasteiger partial charge in [-0.25, -0.2) is 14.4 Å². The highest BCUT2D eigenvalue weighted by molar-refractivity contribution is 5.93. The number of aliphatic carboxylic acids is 2. The van der Waals surface area contributed by atoms with Crippen molar-refractivity contribution in [3.8, 4) is 22.6 Å². The molecule has 0 bridgehead atoms. The van der Waals surface area contributed by atoms with Crippen LogP contribution in [0.5, 0.6) is 11.5 Å². The molecule has 6 rings (SSSR count). The fourth-order valence-corrected chi connectivity index (χ4v) is 7.47. The van der Waals surface area contributed by atoms with Gasteiger partial charge in [-0.2, -0.15) is 26.3 Å². The van der Waals surface area contributed by atoms with E-state index in [0.29, 0.717) is 79.3 Å². The zero-order valence-corrected chi connectivity index (χ0v) is 39.6. The quantitative estimate of drug-likeness (QED) is 0.0392. The van der Waals surface area contributed by atoms with Crippen LogP contribution in [0.15, 0.2) is 84.9 Å². The normalized spacial score (nSPS) is 14.1. The number of hydrogen-bond acceptors (Lipinski definition) is 13. The lowest BCUT2D eigenvalue weighted by atomic mass is 9.93.